The van der Waals surface area contributed by atoms with E-state index in [1.807, 2.05) is 97.1 Å². The summed E-state index contributed by atoms with van der Waals surface area (Å²) in [5, 5.41) is 3.69. The molecule has 0 aliphatic carbocycles. The van der Waals surface area contributed by atoms with Crippen molar-refractivity contribution in [3.05, 3.63) is 181 Å². The van der Waals surface area contributed by atoms with Crippen molar-refractivity contribution in [3.63, 3.8) is 0 Å². The fourth-order valence-corrected chi connectivity index (χ4v) is 19.6. The number of hydrogen-bond acceptors (Lipinski definition) is 9. The lowest BCUT2D eigenvalue weighted by Crippen LogP contribution is -2.34. The second kappa shape index (κ2) is 15.1. The topological polar surface area (TPSA) is 108 Å². The third-order valence-corrected chi connectivity index (χ3v) is 19.5. The number of methoxy groups -OCH3 is 2. The molecule has 7 rings (SSSR count). The minimum absolute atomic E-state index is 0.298. The maximum Gasteiger partial charge on any atom is 0.438 e. The molecule has 0 fully saturated rings. The third-order valence-electron chi connectivity index (χ3n) is 8.24. The van der Waals surface area contributed by atoms with Crippen LogP contribution >= 0.6 is 22.4 Å². The van der Waals surface area contributed by atoms with Crippen LogP contribution in [0.1, 0.15) is 20.7 Å². The van der Waals surface area contributed by atoms with Gasteiger partial charge in [-0.2, -0.15) is 4.86 Å². The van der Waals surface area contributed by atoms with Crippen LogP contribution in [0.3, 0.4) is 0 Å². The van der Waals surface area contributed by atoms with Crippen LogP contribution in [0.5, 0.6) is 11.5 Å². The first-order valence-electron chi connectivity index (χ1n) is 16.3. The summed E-state index contributed by atoms with van der Waals surface area (Å²) in [4.78, 5) is 29.3. The highest BCUT2D eigenvalue weighted by Crippen LogP contribution is 2.78. The van der Waals surface area contributed by atoms with Crippen molar-refractivity contribution in [2.75, 3.05) is 14.2 Å². The fourth-order valence-electron chi connectivity index (χ4n) is 5.87. The van der Waals surface area contributed by atoms with Crippen molar-refractivity contribution in [3.8, 4) is 11.5 Å². The molecular formula is C40H35N3O6P3+. The molecule has 0 aromatic heterocycles. The van der Waals surface area contributed by atoms with Gasteiger partial charge in [0.25, 0.3) is 0 Å². The highest BCUT2D eigenvalue weighted by Gasteiger charge is 2.57. The van der Waals surface area contributed by atoms with Gasteiger partial charge in [-0.25, -0.2) is 9.59 Å². The monoisotopic (exact) mass is 746 g/mol. The Bertz CT molecular complexity index is 2180. The molecule has 0 amide bonds. The Morgan fingerprint density at radius 1 is 0.519 bits per heavy atom. The number of carbonyl (C=O) groups is 2. The highest BCUT2D eigenvalue weighted by molar-refractivity contribution is 8.00. The Hall–Kier alpha value is -5.29. The number of nitrogens with one attached hydrogen (secondary N) is 1. The lowest BCUT2D eigenvalue weighted by molar-refractivity contribution is 0.0591. The molecule has 12 heteroatoms. The average molecular weight is 747 g/mol. The van der Waals surface area contributed by atoms with E-state index in [0.717, 1.165) is 21.2 Å². The molecule has 52 heavy (non-hydrogen) atoms. The molecule has 0 saturated heterocycles. The van der Waals surface area contributed by atoms with E-state index in [-0.39, 0.29) is 0 Å². The Balaban J connectivity index is 1.62. The zero-order valence-electron chi connectivity index (χ0n) is 28.4. The van der Waals surface area contributed by atoms with E-state index in [9.17, 15) is 9.59 Å². The largest absolute Gasteiger partial charge is 0.465 e. The summed E-state index contributed by atoms with van der Waals surface area (Å²) < 4.78 is 36.0. The number of benzene rings is 6. The van der Waals surface area contributed by atoms with Crippen molar-refractivity contribution >= 4 is 55.6 Å². The van der Waals surface area contributed by atoms with Gasteiger partial charge >= 0.3 is 27.2 Å². The molecule has 1 N–H and O–H groups in total. The van der Waals surface area contributed by atoms with Gasteiger partial charge in [0.2, 0.25) is 0 Å². The zero-order valence-corrected chi connectivity index (χ0v) is 31.0. The first-order valence-corrected chi connectivity index (χ1v) is 21.3. The summed E-state index contributed by atoms with van der Waals surface area (Å²) in [5.41, 5.74) is 0.596. The molecule has 0 atom stereocenters. The van der Waals surface area contributed by atoms with E-state index in [0.29, 0.717) is 22.6 Å². The van der Waals surface area contributed by atoms with Crippen LogP contribution in [-0.4, -0.2) is 26.2 Å². The molecule has 0 saturated carbocycles. The third kappa shape index (κ3) is 6.97. The summed E-state index contributed by atoms with van der Waals surface area (Å²) >= 11 is 0. The summed E-state index contributed by atoms with van der Waals surface area (Å²) in [7, 11) is -7.35. The van der Waals surface area contributed by atoms with Crippen LogP contribution in [0.2, 0.25) is 0 Å². The van der Waals surface area contributed by atoms with Gasteiger partial charge in [-0.05, 0) is 65.2 Å². The van der Waals surface area contributed by atoms with Gasteiger partial charge in [-0.3, -0.25) is 0 Å². The first-order chi connectivity index (χ1) is 25.4. The van der Waals surface area contributed by atoms with E-state index in [1.54, 1.807) is 48.5 Å². The van der Waals surface area contributed by atoms with Gasteiger partial charge in [-0.15, -0.1) is 0 Å². The Morgan fingerprint density at radius 2 is 0.923 bits per heavy atom. The highest BCUT2D eigenvalue weighted by atomic mass is 31.3. The van der Waals surface area contributed by atoms with E-state index >= 15 is 0 Å². The predicted molar refractivity (Wildman–Crippen MR) is 210 cm³/mol. The van der Waals surface area contributed by atoms with Crippen LogP contribution in [0.25, 0.3) is 0 Å². The van der Waals surface area contributed by atoms with Gasteiger partial charge < -0.3 is 18.5 Å². The quantitative estimate of drug-likeness (QED) is 0.111. The molecule has 0 bridgehead atoms. The van der Waals surface area contributed by atoms with Gasteiger partial charge in [0.15, 0.2) is 0 Å². The molecular weight excluding hydrogens is 711 g/mol. The Labute approximate surface area is 303 Å². The molecule has 0 radical (unpaired) electrons. The maximum atomic E-state index is 12.7. The molecule has 6 aromatic rings. The van der Waals surface area contributed by atoms with Gasteiger partial charge in [0.05, 0.1) is 25.3 Å². The van der Waals surface area contributed by atoms with Crippen molar-refractivity contribution in [2.45, 2.75) is 0 Å². The maximum absolute atomic E-state index is 12.7. The van der Waals surface area contributed by atoms with Crippen LogP contribution < -0.4 is 35.1 Å². The predicted octanol–water partition coefficient (Wildman–Crippen LogP) is 8.53. The molecule has 6 aromatic carbocycles. The van der Waals surface area contributed by atoms with E-state index in [1.165, 1.54) is 14.2 Å². The van der Waals surface area contributed by atoms with Crippen molar-refractivity contribution in [1.82, 2.24) is 4.86 Å². The molecule has 0 spiro atoms. The minimum Gasteiger partial charge on any atom is -0.465 e. The summed E-state index contributed by atoms with van der Waals surface area (Å²) in [6, 6.07) is 53.8. The van der Waals surface area contributed by atoms with E-state index < -0.39 is 34.4 Å². The second-order valence-corrected chi connectivity index (χ2v) is 19.8. The molecule has 1 aliphatic rings. The minimum atomic E-state index is -3.78. The molecule has 1 heterocycles. The van der Waals surface area contributed by atoms with Crippen LogP contribution in [0.4, 0.5) is 0 Å². The second-order valence-electron chi connectivity index (χ2n) is 11.6. The van der Waals surface area contributed by atoms with Crippen molar-refractivity contribution < 1.29 is 28.1 Å². The normalized spacial score (nSPS) is 15.2. The molecule has 1 aliphatic heterocycles. The zero-order chi connectivity index (χ0) is 36.0. The van der Waals surface area contributed by atoms with Gasteiger partial charge in [-0.1, -0.05) is 114 Å². The van der Waals surface area contributed by atoms with Crippen molar-refractivity contribution in [2.24, 2.45) is 9.03 Å². The summed E-state index contributed by atoms with van der Waals surface area (Å²) in [6.45, 7) is 0. The SMILES string of the molecule is COC(=O)c1cccc(OP2(Oc3cccc(C(=O)OC)c3)=N[P+](c3ccccc3)(c3ccccc3)N=P(c3ccccc3)(c3ccccc3)N2)c1. The molecule has 260 valence electrons. The number of nitrogens with zero attached hydrogens (tertiary/aromatic N) is 2. The van der Waals surface area contributed by atoms with E-state index in [2.05, 4.69) is 29.1 Å². The van der Waals surface area contributed by atoms with Gasteiger partial charge in [0.1, 0.15) is 29.3 Å². The Kier molecular flexibility index (Phi) is 10.2. The number of rotatable bonds is 10. The lowest BCUT2D eigenvalue weighted by Gasteiger charge is -2.37. The number of carbonyl (C=O) groups excluding carboxylic acids is 2. The molecule has 9 nitrogen and oxygen atoms in total. The van der Waals surface area contributed by atoms with E-state index in [4.69, 9.17) is 27.6 Å². The fraction of sp³-hybridized carbons (Fsp3) is 0.0500. The standard InChI is InChI=1S/C40H35N3O6P3/c1-46-39(44)31-17-15-19-33(29-31)48-52(49-34-20-16-18-32(30-34)40(45)47-2)42-50(35-21-7-3-8-22-35,36-23-9-4-10-24-36)41-51(43-52,37-25-11-5-12-26-37)38-27-13-6-14-28-38/h3-30,42H,1-2H3/q+1. The van der Waals surface area contributed by atoms with Crippen molar-refractivity contribution in [1.29, 1.82) is 0 Å². The molecule has 0 unspecified atom stereocenters. The van der Waals surface area contributed by atoms with Crippen LogP contribution in [0.15, 0.2) is 179 Å². The summed E-state index contributed by atoms with van der Waals surface area (Å²) in [5.74, 6) is -0.369. The Morgan fingerprint density at radius 3 is 1.33 bits per heavy atom. The van der Waals surface area contributed by atoms with Gasteiger partial charge in [0, 0.05) is 10.6 Å². The number of hydrogen-bond donors (Lipinski definition) is 1. The first kappa shape index (κ1) is 35.1. The summed E-state index contributed by atoms with van der Waals surface area (Å²) in [6.07, 6.45) is 0. The van der Waals surface area contributed by atoms with Crippen LogP contribution in [-0.2, 0) is 9.47 Å². The van der Waals surface area contributed by atoms with Crippen LogP contribution in [0, 0.1) is 0 Å². The smallest absolute Gasteiger partial charge is 0.438 e. The number of ether oxygens (including phenoxy) is 2. The number of esters is 2. The average Bonchev–Trinajstić information content (AvgIpc) is 3.21. The lowest BCUT2D eigenvalue weighted by atomic mass is 10.2.